The first-order valence-corrected chi connectivity index (χ1v) is 6.23. The molecule has 4 heteroatoms. The fourth-order valence-electron chi connectivity index (χ4n) is 3.71. The molecule has 0 saturated carbocycles. The molecule has 0 spiro atoms. The van der Waals surface area contributed by atoms with Crippen molar-refractivity contribution in [2.24, 2.45) is 11.3 Å². The van der Waals surface area contributed by atoms with Crippen molar-refractivity contribution in [3.8, 4) is 0 Å². The highest BCUT2D eigenvalue weighted by Gasteiger charge is 2.52. The van der Waals surface area contributed by atoms with Crippen LogP contribution in [0.25, 0.3) is 0 Å². The molecular weight excluding hydrogens is 216 g/mol. The van der Waals surface area contributed by atoms with E-state index in [1.165, 1.54) is 0 Å². The van der Waals surface area contributed by atoms with Gasteiger partial charge in [0.2, 0.25) is 5.91 Å². The number of nitrogens with zero attached hydrogens (tertiary/aromatic N) is 2. The van der Waals surface area contributed by atoms with Gasteiger partial charge in [-0.1, -0.05) is 19.0 Å². The van der Waals surface area contributed by atoms with Crippen molar-refractivity contribution in [1.29, 1.82) is 0 Å². The number of rotatable bonds is 0. The molecule has 0 radical (unpaired) electrons. The summed E-state index contributed by atoms with van der Waals surface area (Å²) in [6, 6.07) is 0. The highest BCUT2D eigenvalue weighted by molar-refractivity contribution is 5.84. The van der Waals surface area contributed by atoms with E-state index in [1.54, 1.807) is 6.20 Å². The quantitative estimate of drug-likeness (QED) is 0.688. The van der Waals surface area contributed by atoms with Gasteiger partial charge in [-0.15, -0.1) is 0 Å². The van der Waals surface area contributed by atoms with E-state index < -0.39 is 0 Å². The van der Waals surface area contributed by atoms with Gasteiger partial charge in [0.05, 0.1) is 11.6 Å². The number of aromatic nitrogens is 1. The Bertz CT molecular complexity index is 468. The fourth-order valence-corrected chi connectivity index (χ4v) is 3.71. The zero-order chi connectivity index (χ0) is 12.2. The number of likely N-dealkylation sites (tertiary alicyclic amines) is 1. The molecule has 4 nitrogen and oxygen atoms in total. The average molecular weight is 234 g/mol. The largest absolute Gasteiger partial charge is 0.361 e. The molecule has 0 N–H and O–H groups in total. The van der Waals surface area contributed by atoms with Crippen LogP contribution in [0.1, 0.15) is 37.5 Å². The van der Waals surface area contributed by atoms with Crippen LogP contribution < -0.4 is 0 Å². The number of piperidine rings is 1. The van der Waals surface area contributed by atoms with E-state index in [0.717, 1.165) is 30.7 Å². The first-order valence-electron chi connectivity index (χ1n) is 6.23. The van der Waals surface area contributed by atoms with E-state index in [2.05, 4.69) is 19.0 Å². The zero-order valence-electron chi connectivity index (χ0n) is 10.6. The second kappa shape index (κ2) is 3.34. The summed E-state index contributed by atoms with van der Waals surface area (Å²) in [5.74, 6) is 1.94. The number of fused-ring (bicyclic) bond motifs is 2. The zero-order valence-corrected chi connectivity index (χ0v) is 10.6. The summed E-state index contributed by atoms with van der Waals surface area (Å²) in [5, 5.41) is 3.89. The predicted molar refractivity (Wildman–Crippen MR) is 62.5 cm³/mol. The Morgan fingerprint density at radius 1 is 1.59 bits per heavy atom. The van der Waals surface area contributed by atoms with E-state index in [0.29, 0.717) is 11.8 Å². The summed E-state index contributed by atoms with van der Waals surface area (Å²) < 4.78 is 5.35. The van der Waals surface area contributed by atoms with Gasteiger partial charge in [-0.25, -0.2) is 0 Å². The third kappa shape index (κ3) is 1.30. The average Bonchev–Trinajstić information content (AvgIpc) is 2.73. The molecule has 1 amide bonds. The van der Waals surface area contributed by atoms with Crippen LogP contribution in [0.4, 0.5) is 0 Å². The smallest absolute Gasteiger partial charge is 0.228 e. The van der Waals surface area contributed by atoms with Gasteiger partial charge in [-0.05, 0) is 18.8 Å². The number of hydrogen-bond donors (Lipinski definition) is 0. The van der Waals surface area contributed by atoms with Crippen LogP contribution in [-0.4, -0.2) is 29.6 Å². The molecule has 3 atom stereocenters. The van der Waals surface area contributed by atoms with E-state index >= 15 is 0 Å². The van der Waals surface area contributed by atoms with Crippen molar-refractivity contribution in [2.45, 2.75) is 32.6 Å². The summed E-state index contributed by atoms with van der Waals surface area (Å²) >= 11 is 0. The van der Waals surface area contributed by atoms with Gasteiger partial charge in [0.25, 0.3) is 0 Å². The van der Waals surface area contributed by atoms with Gasteiger partial charge < -0.3 is 9.42 Å². The maximum atomic E-state index is 12.4. The van der Waals surface area contributed by atoms with Gasteiger partial charge in [0, 0.05) is 25.1 Å². The Kier molecular flexibility index (Phi) is 2.12. The lowest BCUT2D eigenvalue weighted by Crippen LogP contribution is -2.54. The second-order valence-corrected chi connectivity index (χ2v) is 5.72. The number of carbonyl (C=O) groups excluding carboxylic acids is 1. The van der Waals surface area contributed by atoms with E-state index in [4.69, 9.17) is 4.52 Å². The molecule has 1 fully saturated rings. The maximum Gasteiger partial charge on any atom is 0.228 e. The maximum absolute atomic E-state index is 12.4. The molecule has 1 saturated heterocycles. The van der Waals surface area contributed by atoms with Gasteiger partial charge in [0.1, 0.15) is 5.76 Å². The molecule has 0 bridgehead atoms. The minimum Gasteiger partial charge on any atom is -0.361 e. The van der Waals surface area contributed by atoms with Crippen LogP contribution in [0.2, 0.25) is 0 Å². The topological polar surface area (TPSA) is 46.3 Å². The second-order valence-electron chi connectivity index (χ2n) is 5.72. The number of amides is 1. The van der Waals surface area contributed by atoms with Crippen molar-refractivity contribution in [3.63, 3.8) is 0 Å². The minimum absolute atomic E-state index is 0.271. The van der Waals surface area contributed by atoms with E-state index in [1.807, 2.05) is 11.9 Å². The summed E-state index contributed by atoms with van der Waals surface area (Å²) in [6.07, 6.45) is 3.60. The van der Waals surface area contributed by atoms with Crippen molar-refractivity contribution in [2.75, 3.05) is 13.6 Å². The summed E-state index contributed by atoms with van der Waals surface area (Å²) in [6.45, 7) is 5.11. The predicted octanol–water partition coefficient (Wildman–Crippen LogP) is 1.82. The molecule has 3 rings (SSSR count). The van der Waals surface area contributed by atoms with Gasteiger partial charge in [0.15, 0.2) is 0 Å². The monoisotopic (exact) mass is 234 g/mol. The molecule has 0 aromatic carbocycles. The molecule has 0 unspecified atom stereocenters. The Hall–Kier alpha value is -1.32. The first-order chi connectivity index (χ1) is 8.04. The highest BCUT2D eigenvalue weighted by atomic mass is 16.5. The summed E-state index contributed by atoms with van der Waals surface area (Å²) in [4.78, 5) is 14.3. The molecular formula is C13H18N2O2. The van der Waals surface area contributed by atoms with Crippen LogP contribution in [0.15, 0.2) is 10.7 Å². The third-order valence-corrected chi connectivity index (χ3v) is 4.68. The van der Waals surface area contributed by atoms with Gasteiger partial charge >= 0.3 is 0 Å². The molecule has 17 heavy (non-hydrogen) atoms. The lowest BCUT2D eigenvalue weighted by Gasteiger charge is -2.48. The SMILES string of the molecule is C[C@H]1c2oncc2C[C@@]2(C)C(=O)N(C)CC[C@H]12. The first kappa shape index (κ1) is 10.8. The van der Waals surface area contributed by atoms with Crippen LogP contribution in [0.5, 0.6) is 0 Å². The third-order valence-electron chi connectivity index (χ3n) is 4.68. The highest BCUT2D eigenvalue weighted by Crippen LogP contribution is 2.51. The Labute approximate surface area is 101 Å². The molecule has 1 aliphatic carbocycles. The molecule has 1 aliphatic heterocycles. The van der Waals surface area contributed by atoms with Crippen LogP contribution in [0.3, 0.4) is 0 Å². The van der Waals surface area contributed by atoms with E-state index in [9.17, 15) is 4.79 Å². The van der Waals surface area contributed by atoms with Crippen LogP contribution in [-0.2, 0) is 11.2 Å². The van der Waals surface area contributed by atoms with Crippen molar-refractivity contribution in [1.82, 2.24) is 10.1 Å². The normalized spacial score (nSPS) is 36.6. The van der Waals surface area contributed by atoms with Crippen molar-refractivity contribution < 1.29 is 9.32 Å². The Morgan fingerprint density at radius 3 is 3.12 bits per heavy atom. The van der Waals surface area contributed by atoms with Crippen molar-refractivity contribution >= 4 is 5.91 Å². The fraction of sp³-hybridized carbons (Fsp3) is 0.692. The summed E-state index contributed by atoms with van der Waals surface area (Å²) in [7, 11) is 1.90. The molecule has 92 valence electrons. The molecule has 2 heterocycles. The van der Waals surface area contributed by atoms with Gasteiger partial charge in [-0.2, -0.15) is 0 Å². The van der Waals surface area contributed by atoms with Gasteiger partial charge in [-0.3, -0.25) is 4.79 Å². The Morgan fingerprint density at radius 2 is 2.35 bits per heavy atom. The van der Waals surface area contributed by atoms with Crippen LogP contribution in [0, 0.1) is 11.3 Å². The molecule has 1 aromatic heterocycles. The van der Waals surface area contributed by atoms with E-state index in [-0.39, 0.29) is 11.3 Å². The minimum atomic E-state index is -0.273. The molecule has 2 aliphatic rings. The summed E-state index contributed by atoms with van der Waals surface area (Å²) in [5.41, 5.74) is 0.838. The number of hydrogen-bond acceptors (Lipinski definition) is 3. The number of carbonyl (C=O) groups is 1. The lowest BCUT2D eigenvalue weighted by molar-refractivity contribution is -0.150. The Balaban J connectivity index is 2.08. The molecule has 1 aromatic rings. The van der Waals surface area contributed by atoms with Crippen molar-refractivity contribution in [3.05, 3.63) is 17.5 Å². The lowest BCUT2D eigenvalue weighted by atomic mass is 9.59. The van der Waals surface area contributed by atoms with Crippen LogP contribution >= 0.6 is 0 Å². The standard InChI is InChI=1S/C13H18N2O2/c1-8-10-4-5-15(3)12(16)13(10,2)6-9-7-14-17-11(8)9/h7-8,10H,4-6H2,1-3H3/t8-,10-,13-/m1/s1.